The van der Waals surface area contributed by atoms with Gasteiger partial charge in [-0.05, 0) is 30.2 Å². The number of aromatic nitrogens is 1. The SMILES string of the molecule is O=C(NCCc1c[nH]c2ccccc12)C1=NN(c2ccccc2)C(=O)CC1. The number of carbonyl (C=O) groups is 2. The van der Waals surface area contributed by atoms with Crippen LogP contribution >= 0.6 is 0 Å². The molecule has 1 aliphatic heterocycles. The smallest absolute Gasteiger partial charge is 0.267 e. The van der Waals surface area contributed by atoms with E-state index in [0.717, 1.165) is 17.5 Å². The van der Waals surface area contributed by atoms with Crippen molar-refractivity contribution >= 4 is 34.1 Å². The molecular weight excluding hydrogens is 340 g/mol. The van der Waals surface area contributed by atoms with E-state index in [9.17, 15) is 9.59 Å². The van der Waals surface area contributed by atoms with Crippen molar-refractivity contribution in [2.75, 3.05) is 11.6 Å². The highest BCUT2D eigenvalue weighted by Crippen LogP contribution is 2.20. The van der Waals surface area contributed by atoms with Gasteiger partial charge in [-0.2, -0.15) is 5.10 Å². The number of fused-ring (bicyclic) bond motifs is 1. The fourth-order valence-electron chi connectivity index (χ4n) is 3.24. The molecule has 3 aromatic rings. The van der Waals surface area contributed by atoms with Crippen molar-refractivity contribution < 1.29 is 9.59 Å². The van der Waals surface area contributed by atoms with Crippen LogP contribution in [0.4, 0.5) is 5.69 Å². The fraction of sp³-hybridized carbons (Fsp3) is 0.190. The van der Waals surface area contributed by atoms with E-state index in [-0.39, 0.29) is 18.2 Å². The second kappa shape index (κ2) is 7.45. The van der Waals surface area contributed by atoms with Crippen molar-refractivity contribution in [2.45, 2.75) is 19.3 Å². The van der Waals surface area contributed by atoms with Gasteiger partial charge in [-0.1, -0.05) is 36.4 Å². The van der Waals surface area contributed by atoms with Gasteiger partial charge in [-0.15, -0.1) is 0 Å². The third-order valence-electron chi connectivity index (χ3n) is 4.65. The second-order valence-corrected chi connectivity index (χ2v) is 6.45. The largest absolute Gasteiger partial charge is 0.361 e. The molecule has 0 unspecified atom stereocenters. The molecule has 0 atom stereocenters. The van der Waals surface area contributed by atoms with Gasteiger partial charge in [-0.3, -0.25) is 9.59 Å². The molecule has 0 aliphatic carbocycles. The van der Waals surface area contributed by atoms with Crippen LogP contribution < -0.4 is 10.3 Å². The predicted octanol–water partition coefficient (Wildman–Crippen LogP) is 3.01. The molecule has 1 aromatic heterocycles. The Morgan fingerprint density at radius 3 is 2.70 bits per heavy atom. The van der Waals surface area contributed by atoms with Crippen LogP contribution in [0.2, 0.25) is 0 Å². The first-order valence-corrected chi connectivity index (χ1v) is 9.01. The van der Waals surface area contributed by atoms with Gasteiger partial charge in [0.25, 0.3) is 5.91 Å². The van der Waals surface area contributed by atoms with Crippen LogP contribution in [0.3, 0.4) is 0 Å². The van der Waals surface area contributed by atoms with Gasteiger partial charge in [0.2, 0.25) is 5.91 Å². The Labute approximate surface area is 156 Å². The average Bonchev–Trinajstić information content (AvgIpc) is 3.12. The maximum atomic E-state index is 12.5. The van der Waals surface area contributed by atoms with E-state index in [2.05, 4.69) is 21.5 Å². The van der Waals surface area contributed by atoms with Crippen molar-refractivity contribution in [3.63, 3.8) is 0 Å². The number of anilines is 1. The van der Waals surface area contributed by atoms with Gasteiger partial charge < -0.3 is 10.3 Å². The normalized spacial score (nSPS) is 14.3. The lowest BCUT2D eigenvalue weighted by Gasteiger charge is -2.23. The Balaban J connectivity index is 1.41. The van der Waals surface area contributed by atoms with Crippen molar-refractivity contribution in [2.24, 2.45) is 5.10 Å². The molecule has 6 heteroatoms. The molecular formula is C21H20N4O2. The van der Waals surface area contributed by atoms with E-state index < -0.39 is 0 Å². The minimum absolute atomic E-state index is 0.100. The van der Waals surface area contributed by atoms with Gasteiger partial charge in [-0.25, -0.2) is 5.01 Å². The minimum atomic E-state index is -0.219. The summed E-state index contributed by atoms with van der Waals surface area (Å²) in [6.07, 6.45) is 3.35. The summed E-state index contributed by atoms with van der Waals surface area (Å²) >= 11 is 0. The lowest BCUT2D eigenvalue weighted by molar-refractivity contribution is -0.118. The number of nitrogens with one attached hydrogen (secondary N) is 2. The third kappa shape index (κ3) is 3.60. The number of rotatable bonds is 5. The predicted molar refractivity (Wildman–Crippen MR) is 106 cm³/mol. The molecule has 2 amide bonds. The number of hydrogen-bond acceptors (Lipinski definition) is 3. The highest BCUT2D eigenvalue weighted by Gasteiger charge is 2.25. The minimum Gasteiger partial charge on any atom is -0.361 e. The Morgan fingerprint density at radius 1 is 1.07 bits per heavy atom. The first kappa shape index (κ1) is 17.0. The van der Waals surface area contributed by atoms with Crippen molar-refractivity contribution in [3.05, 3.63) is 66.4 Å². The summed E-state index contributed by atoms with van der Waals surface area (Å²) in [4.78, 5) is 27.9. The van der Waals surface area contributed by atoms with Crippen molar-refractivity contribution in [3.8, 4) is 0 Å². The monoisotopic (exact) mass is 360 g/mol. The second-order valence-electron chi connectivity index (χ2n) is 6.45. The zero-order valence-corrected chi connectivity index (χ0v) is 14.8. The summed E-state index contributed by atoms with van der Waals surface area (Å²) in [5, 5.41) is 9.69. The molecule has 27 heavy (non-hydrogen) atoms. The first-order chi connectivity index (χ1) is 13.2. The van der Waals surface area contributed by atoms with E-state index in [1.54, 1.807) is 12.1 Å². The number of hydrogen-bond donors (Lipinski definition) is 2. The number of para-hydroxylation sites is 2. The lowest BCUT2D eigenvalue weighted by Crippen LogP contribution is -2.39. The molecule has 0 bridgehead atoms. The molecule has 0 spiro atoms. The molecule has 6 nitrogen and oxygen atoms in total. The number of nitrogens with zero attached hydrogens (tertiary/aromatic N) is 2. The summed E-state index contributed by atoms with van der Waals surface area (Å²) in [6, 6.07) is 17.3. The number of H-pyrrole nitrogens is 1. The Bertz CT molecular complexity index is 1010. The van der Waals surface area contributed by atoms with Gasteiger partial charge in [0.1, 0.15) is 5.71 Å². The molecule has 1 aliphatic rings. The quantitative estimate of drug-likeness (QED) is 0.734. The molecule has 4 rings (SSSR count). The molecule has 2 heterocycles. The molecule has 0 saturated carbocycles. The van der Waals surface area contributed by atoms with Crippen LogP contribution in [-0.2, 0) is 16.0 Å². The van der Waals surface area contributed by atoms with Crippen LogP contribution in [0, 0.1) is 0 Å². The number of hydrazone groups is 1. The maximum absolute atomic E-state index is 12.5. The Hall–Kier alpha value is -3.41. The van der Waals surface area contributed by atoms with Gasteiger partial charge in [0, 0.05) is 36.5 Å². The zero-order valence-electron chi connectivity index (χ0n) is 14.8. The lowest BCUT2D eigenvalue weighted by atomic mass is 10.1. The van der Waals surface area contributed by atoms with Crippen LogP contribution in [0.25, 0.3) is 10.9 Å². The number of benzene rings is 2. The molecule has 136 valence electrons. The third-order valence-corrected chi connectivity index (χ3v) is 4.65. The Kier molecular flexibility index (Phi) is 4.70. The van der Waals surface area contributed by atoms with Crippen LogP contribution in [-0.4, -0.2) is 29.1 Å². The number of amides is 2. The summed E-state index contributed by atoms with van der Waals surface area (Å²) in [7, 11) is 0. The highest BCUT2D eigenvalue weighted by atomic mass is 16.2. The average molecular weight is 360 g/mol. The molecule has 0 fully saturated rings. The van der Waals surface area contributed by atoms with Gasteiger partial charge in [0.05, 0.1) is 5.69 Å². The summed E-state index contributed by atoms with van der Waals surface area (Å²) in [5.41, 5.74) is 3.31. The van der Waals surface area contributed by atoms with E-state index in [4.69, 9.17) is 0 Å². The summed E-state index contributed by atoms with van der Waals surface area (Å²) in [5.74, 6) is -0.320. The van der Waals surface area contributed by atoms with Gasteiger partial charge in [0.15, 0.2) is 0 Å². The van der Waals surface area contributed by atoms with Crippen LogP contribution in [0.1, 0.15) is 18.4 Å². The zero-order chi connectivity index (χ0) is 18.6. The molecule has 2 N–H and O–H groups in total. The van der Waals surface area contributed by atoms with E-state index in [1.165, 1.54) is 10.4 Å². The van der Waals surface area contributed by atoms with E-state index in [0.29, 0.717) is 24.4 Å². The first-order valence-electron chi connectivity index (χ1n) is 9.01. The number of carbonyl (C=O) groups excluding carboxylic acids is 2. The standard InChI is InChI=1S/C21H20N4O2/c26-20-11-10-19(24-25(20)16-6-2-1-3-7-16)21(27)22-13-12-15-14-23-18-9-5-4-8-17(15)18/h1-9,14,23H,10-13H2,(H,22,27). The maximum Gasteiger partial charge on any atom is 0.267 e. The van der Waals surface area contributed by atoms with E-state index in [1.807, 2.05) is 42.6 Å². The van der Waals surface area contributed by atoms with Crippen molar-refractivity contribution in [1.82, 2.24) is 10.3 Å². The molecule has 0 radical (unpaired) electrons. The fourth-order valence-corrected chi connectivity index (χ4v) is 3.24. The molecule has 2 aromatic carbocycles. The van der Waals surface area contributed by atoms with Crippen LogP contribution in [0.15, 0.2) is 65.9 Å². The number of aromatic amines is 1. The summed E-state index contributed by atoms with van der Waals surface area (Å²) < 4.78 is 0. The molecule has 0 saturated heterocycles. The summed E-state index contributed by atoms with van der Waals surface area (Å²) in [6.45, 7) is 0.513. The highest BCUT2D eigenvalue weighted by molar-refractivity contribution is 6.40. The Morgan fingerprint density at radius 2 is 1.85 bits per heavy atom. The topological polar surface area (TPSA) is 77.6 Å². The van der Waals surface area contributed by atoms with E-state index >= 15 is 0 Å². The van der Waals surface area contributed by atoms with Crippen LogP contribution in [0.5, 0.6) is 0 Å². The van der Waals surface area contributed by atoms with Gasteiger partial charge >= 0.3 is 0 Å². The van der Waals surface area contributed by atoms with Crippen molar-refractivity contribution in [1.29, 1.82) is 0 Å².